The zero-order valence-corrected chi connectivity index (χ0v) is 13.5. The van der Waals surface area contributed by atoms with E-state index in [1.807, 2.05) is 6.20 Å². The molecule has 0 saturated carbocycles. The van der Waals surface area contributed by atoms with Gasteiger partial charge in [-0.3, -0.25) is 4.90 Å². The van der Waals surface area contributed by atoms with Crippen LogP contribution in [-0.2, 0) is 6.54 Å². The van der Waals surface area contributed by atoms with Crippen molar-refractivity contribution in [1.29, 1.82) is 0 Å². The lowest BCUT2D eigenvalue weighted by atomic mass is 9.75. The first kappa shape index (κ1) is 14.8. The van der Waals surface area contributed by atoms with Crippen LogP contribution < -0.4 is 5.32 Å². The first-order valence-electron chi connectivity index (χ1n) is 7.40. The summed E-state index contributed by atoms with van der Waals surface area (Å²) in [5.74, 6) is 0.877. The number of nitrogens with one attached hydrogen (secondary N) is 1. The lowest BCUT2D eigenvalue weighted by Crippen LogP contribution is -2.37. The molecule has 1 aromatic heterocycles. The van der Waals surface area contributed by atoms with Gasteiger partial charge >= 0.3 is 0 Å². The number of nitrogens with zero attached hydrogens (tertiary/aromatic N) is 2. The fraction of sp³-hybridized carbons (Fsp3) is 0.800. The third-order valence-corrected chi connectivity index (χ3v) is 5.01. The van der Waals surface area contributed by atoms with Crippen molar-refractivity contribution in [2.45, 2.75) is 47.1 Å². The number of anilines is 1. The quantitative estimate of drug-likeness (QED) is 0.909. The lowest BCUT2D eigenvalue weighted by Gasteiger charge is -2.38. The van der Waals surface area contributed by atoms with E-state index in [1.54, 1.807) is 11.3 Å². The molecule has 3 nitrogen and oxygen atoms in total. The Morgan fingerprint density at radius 2 is 2.05 bits per heavy atom. The zero-order valence-electron chi connectivity index (χ0n) is 12.7. The van der Waals surface area contributed by atoms with Crippen molar-refractivity contribution in [3.63, 3.8) is 0 Å². The zero-order chi connectivity index (χ0) is 13.9. The van der Waals surface area contributed by atoms with E-state index in [1.165, 1.54) is 30.8 Å². The van der Waals surface area contributed by atoms with Gasteiger partial charge in [-0.1, -0.05) is 20.8 Å². The lowest BCUT2D eigenvalue weighted by molar-refractivity contribution is 0.108. The van der Waals surface area contributed by atoms with Crippen LogP contribution in [0.3, 0.4) is 0 Å². The Balaban J connectivity index is 1.82. The normalized spacial score (nSPS) is 18.7. The largest absolute Gasteiger partial charge is 0.362 e. The van der Waals surface area contributed by atoms with Crippen molar-refractivity contribution in [1.82, 2.24) is 9.88 Å². The average molecular weight is 281 g/mol. The van der Waals surface area contributed by atoms with Crippen molar-refractivity contribution >= 4 is 16.5 Å². The molecule has 1 aromatic rings. The van der Waals surface area contributed by atoms with Crippen molar-refractivity contribution in [3.05, 3.63) is 11.1 Å². The minimum Gasteiger partial charge on any atom is -0.362 e. The highest BCUT2D eigenvalue weighted by Crippen LogP contribution is 2.34. The fourth-order valence-electron chi connectivity index (χ4n) is 2.79. The van der Waals surface area contributed by atoms with Crippen molar-refractivity contribution in [2.75, 3.05) is 25.0 Å². The molecule has 0 radical (unpaired) electrons. The predicted molar refractivity (Wildman–Crippen MR) is 83.7 cm³/mol. The number of hydrogen-bond acceptors (Lipinski definition) is 4. The van der Waals surface area contributed by atoms with Crippen LogP contribution in [-0.4, -0.2) is 29.5 Å². The Morgan fingerprint density at radius 1 is 1.37 bits per heavy atom. The van der Waals surface area contributed by atoms with Crippen LogP contribution in [0, 0.1) is 11.3 Å². The molecule has 0 aromatic carbocycles. The molecule has 0 unspecified atom stereocenters. The van der Waals surface area contributed by atoms with Gasteiger partial charge < -0.3 is 5.32 Å². The highest BCUT2D eigenvalue weighted by molar-refractivity contribution is 7.15. The number of piperidine rings is 1. The summed E-state index contributed by atoms with van der Waals surface area (Å²) in [5.41, 5.74) is 0.467. The molecule has 1 aliphatic rings. The standard InChI is InChI=1S/C15H27N3S/c1-5-16-14-17-10-13(19-14)11-18-8-6-12(7-9-18)15(2,3)4/h10,12H,5-9,11H2,1-4H3,(H,16,17). The van der Waals surface area contributed by atoms with Crippen LogP contribution >= 0.6 is 11.3 Å². The third-order valence-electron chi connectivity index (χ3n) is 4.07. The smallest absolute Gasteiger partial charge is 0.182 e. The number of thiazole rings is 1. The summed E-state index contributed by atoms with van der Waals surface area (Å²) >= 11 is 1.79. The first-order chi connectivity index (χ1) is 8.99. The molecule has 2 rings (SSSR count). The Hall–Kier alpha value is -0.610. The van der Waals surface area contributed by atoms with E-state index in [4.69, 9.17) is 0 Å². The molecule has 4 heteroatoms. The van der Waals surface area contributed by atoms with E-state index < -0.39 is 0 Å². The van der Waals surface area contributed by atoms with E-state index in [-0.39, 0.29) is 0 Å². The number of aromatic nitrogens is 1. The summed E-state index contributed by atoms with van der Waals surface area (Å²) in [5, 5.41) is 4.34. The van der Waals surface area contributed by atoms with Gasteiger partial charge in [0.1, 0.15) is 0 Å². The summed E-state index contributed by atoms with van der Waals surface area (Å²) in [6, 6.07) is 0. The van der Waals surface area contributed by atoms with E-state index >= 15 is 0 Å². The van der Waals surface area contributed by atoms with Crippen LogP contribution in [0.4, 0.5) is 5.13 Å². The van der Waals surface area contributed by atoms with Crippen LogP contribution in [0.1, 0.15) is 45.4 Å². The van der Waals surface area contributed by atoms with Gasteiger partial charge in [-0.05, 0) is 44.2 Å². The monoisotopic (exact) mass is 281 g/mol. The summed E-state index contributed by atoms with van der Waals surface area (Å²) in [7, 11) is 0. The second kappa shape index (κ2) is 6.23. The Bertz CT molecular complexity index is 386. The molecule has 0 atom stereocenters. The molecule has 108 valence electrons. The predicted octanol–water partition coefficient (Wildman–Crippen LogP) is 3.83. The maximum Gasteiger partial charge on any atom is 0.182 e. The van der Waals surface area contributed by atoms with E-state index in [9.17, 15) is 0 Å². The maximum atomic E-state index is 4.41. The molecule has 19 heavy (non-hydrogen) atoms. The minimum atomic E-state index is 0.467. The maximum absolute atomic E-state index is 4.41. The minimum absolute atomic E-state index is 0.467. The topological polar surface area (TPSA) is 28.2 Å². The SMILES string of the molecule is CCNc1ncc(CN2CCC(C(C)(C)C)CC2)s1. The van der Waals surface area contributed by atoms with Crippen molar-refractivity contribution in [3.8, 4) is 0 Å². The Labute approximate surface area is 121 Å². The van der Waals surface area contributed by atoms with Crippen molar-refractivity contribution in [2.24, 2.45) is 11.3 Å². The van der Waals surface area contributed by atoms with Gasteiger partial charge in [0.25, 0.3) is 0 Å². The Morgan fingerprint density at radius 3 is 2.63 bits per heavy atom. The molecular weight excluding hydrogens is 254 g/mol. The van der Waals surface area contributed by atoms with Gasteiger partial charge in [-0.15, -0.1) is 11.3 Å². The second-order valence-corrected chi connectivity index (χ2v) is 7.69. The van der Waals surface area contributed by atoms with Gasteiger partial charge in [0, 0.05) is 24.2 Å². The second-order valence-electron chi connectivity index (χ2n) is 6.58. The van der Waals surface area contributed by atoms with Gasteiger partial charge in [-0.2, -0.15) is 0 Å². The highest BCUT2D eigenvalue weighted by Gasteiger charge is 2.28. The fourth-order valence-corrected chi connectivity index (χ4v) is 3.71. The first-order valence-corrected chi connectivity index (χ1v) is 8.21. The number of rotatable bonds is 4. The van der Waals surface area contributed by atoms with E-state index in [0.717, 1.165) is 24.1 Å². The molecule has 0 aliphatic carbocycles. The van der Waals surface area contributed by atoms with E-state index in [0.29, 0.717) is 5.41 Å². The molecule has 1 fully saturated rings. The molecule has 0 bridgehead atoms. The van der Waals surface area contributed by atoms with Crippen LogP contribution in [0.2, 0.25) is 0 Å². The summed E-state index contributed by atoms with van der Waals surface area (Å²) in [6.45, 7) is 13.7. The summed E-state index contributed by atoms with van der Waals surface area (Å²) in [6.07, 6.45) is 4.70. The van der Waals surface area contributed by atoms with Crippen LogP contribution in [0.15, 0.2) is 6.20 Å². The van der Waals surface area contributed by atoms with E-state index in [2.05, 4.69) is 42.9 Å². The van der Waals surface area contributed by atoms with Gasteiger partial charge in [-0.25, -0.2) is 4.98 Å². The molecular formula is C15H27N3S. The van der Waals surface area contributed by atoms with Gasteiger partial charge in [0.05, 0.1) is 0 Å². The molecule has 0 spiro atoms. The molecule has 1 aliphatic heterocycles. The number of hydrogen-bond donors (Lipinski definition) is 1. The number of likely N-dealkylation sites (tertiary alicyclic amines) is 1. The third kappa shape index (κ3) is 4.18. The van der Waals surface area contributed by atoms with Crippen molar-refractivity contribution < 1.29 is 0 Å². The summed E-state index contributed by atoms with van der Waals surface area (Å²) in [4.78, 5) is 8.36. The van der Waals surface area contributed by atoms with Crippen LogP contribution in [0.5, 0.6) is 0 Å². The average Bonchev–Trinajstić information content (AvgIpc) is 2.77. The van der Waals surface area contributed by atoms with Crippen LogP contribution in [0.25, 0.3) is 0 Å². The highest BCUT2D eigenvalue weighted by atomic mass is 32.1. The Kier molecular flexibility index (Phi) is 4.85. The van der Waals surface area contributed by atoms with Gasteiger partial charge in [0.15, 0.2) is 5.13 Å². The molecule has 1 saturated heterocycles. The molecule has 1 N–H and O–H groups in total. The van der Waals surface area contributed by atoms with Gasteiger partial charge in [0.2, 0.25) is 0 Å². The summed E-state index contributed by atoms with van der Waals surface area (Å²) < 4.78 is 0. The molecule has 2 heterocycles. The molecule has 0 amide bonds.